The highest BCUT2D eigenvalue weighted by atomic mass is 16.5. The summed E-state index contributed by atoms with van der Waals surface area (Å²) >= 11 is 0. The first-order valence-electron chi connectivity index (χ1n) is 21.9. The number of hydrogen-bond acceptors (Lipinski definition) is 4. The normalized spacial score (nSPS) is 11.0. The lowest BCUT2D eigenvalue weighted by atomic mass is 10.0. The van der Waals surface area contributed by atoms with Gasteiger partial charge < -0.3 is 19.5 Å². The van der Waals surface area contributed by atoms with Crippen molar-refractivity contribution >= 4 is 40.7 Å². The lowest BCUT2D eigenvalue weighted by molar-refractivity contribution is 0.363. The number of anilines is 2. The van der Waals surface area contributed by atoms with Gasteiger partial charge in [-0.1, -0.05) is 166 Å². The summed E-state index contributed by atoms with van der Waals surface area (Å²) in [5, 5.41) is 3.51. The van der Waals surface area contributed by atoms with Crippen molar-refractivity contribution in [2.24, 2.45) is 0 Å². The van der Waals surface area contributed by atoms with Crippen LogP contribution in [0.4, 0.5) is 11.4 Å². The zero-order valence-electron chi connectivity index (χ0n) is 38.4. The first-order chi connectivity index (χ1) is 32.9. The van der Waals surface area contributed by atoms with Gasteiger partial charge in [0.05, 0.1) is 0 Å². The molecule has 0 aliphatic carbocycles. The van der Waals surface area contributed by atoms with E-state index in [1.807, 2.05) is 153 Å². The molecule has 0 unspecified atom stereocenters. The van der Waals surface area contributed by atoms with Gasteiger partial charge in [0.2, 0.25) is 0 Å². The van der Waals surface area contributed by atoms with Gasteiger partial charge in [0.1, 0.15) is 35.4 Å². The number of allylic oxidation sites excluding steroid dienone is 8. The van der Waals surface area contributed by atoms with E-state index in [0.29, 0.717) is 6.61 Å². The highest BCUT2D eigenvalue weighted by Crippen LogP contribution is 2.30. The smallest absolute Gasteiger partial charge is 0.128 e. The van der Waals surface area contributed by atoms with Gasteiger partial charge in [-0.3, -0.25) is 0 Å². The monoisotopic (exact) mass is 875 g/mol. The van der Waals surface area contributed by atoms with Crippen molar-refractivity contribution in [2.45, 2.75) is 13.8 Å². The van der Waals surface area contributed by atoms with E-state index in [4.69, 9.17) is 14.2 Å². The van der Waals surface area contributed by atoms with E-state index in [0.717, 1.165) is 90.2 Å². The van der Waals surface area contributed by atoms with Gasteiger partial charge in [0.15, 0.2) is 0 Å². The highest BCUT2D eigenvalue weighted by Gasteiger charge is 2.06. The van der Waals surface area contributed by atoms with Gasteiger partial charge in [-0.2, -0.15) is 0 Å². The first kappa shape index (κ1) is 49.2. The van der Waals surface area contributed by atoms with Crippen LogP contribution in [0.1, 0.15) is 41.7 Å². The van der Waals surface area contributed by atoms with E-state index in [1.165, 1.54) is 0 Å². The van der Waals surface area contributed by atoms with Gasteiger partial charge in [-0.05, 0) is 155 Å². The third-order valence-electron chi connectivity index (χ3n) is 10.1. The van der Waals surface area contributed by atoms with Crippen LogP contribution in [0, 0.1) is 12.8 Å². The van der Waals surface area contributed by atoms with Crippen molar-refractivity contribution in [2.75, 3.05) is 11.9 Å². The van der Waals surface area contributed by atoms with Crippen molar-refractivity contribution in [3.8, 4) is 52.7 Å². The third kappa shape index (κ3) is 15.5. The predicted molar refractivity (Wildman–Crippen MR) is 289 cm³/mol. The Morgan fingerprint density at radius 2 is 0.955 bits per heavy atom. The van der Waals surface area contributed by atoms with Crippen molar-refractivity contribution in [1.82, 2.24) is 0 Å². The lowest BCUT2D eigenvalue weighted by Gasteiger charge is -2.11. The molecule has 1 N–H and O–H groups in total. The molecule has 0 radical (unpaired) electrons. The first-order valence-corrected chi connectivity index (χ1v) is 21.9. The van der Waals surface area contributed by atoms with Gasteiger partial charge in [-0.25, -0.2) is 0 Å². The van der Waals surface area contributed by atoms with Gasteiger partial charge >= 0.3 is 0 Å². The summed E-state index contributed by atoms with van der Waals surface area (Å²) in [4.78, 5) is 0. The molecule has 7 aromatic rings. The fourth-order valence-corrected chi connectivity index (χ4v) is 6.70. The molecule has 0 spiro atoms. The van der Waals surface area contributed by atoms with Gasteiger partial charge in [0.25, 0.3) is 0 Å². The highest BCUT2D eigenvalue weighted by molar-refractivity contribution is 5.77. The Labute approximate surface area is 398 Å². The summed E-state index contributed by atoms with van der Waals surface area (Å²) < 4.78 is 17.9. The van der Waals surface area contributed by atoms with Crippen LogP contribution in [-0.2, 0) is 0 Å². The van der Waals surface area contributed by atoms with Crippen LogP contribution in [-0.4, -0.2) is 6.61 Å². The molecule has 0 aliphatic rings. The summed E-state index contributed by atoms with van der Waals surface area (Å²) in [7, 11) is 0. The number of terminal acetylenes is 1. The summed E-state index contributed by atoms with van der Waals surface area (Å²) in [6, 6.07) is 56.7. The molecule has 0 aromatic heterocycles. The SMILES string of the molecule is C#C.C=C/C=C(\C=C/C)c1cccc(Oc2ccc(C=C)cc2)c1.C=Cc1ccc(OC/C=C(\C=C/C)c2ccc(Nc3ccc(-c4cccc(Oc5ccc(C=C)cc5)c4)cc3)cc2)cc1. The molecule has 7 rings (SSSR count). The second-order valence-corrected chi connectivity index (χ2v) is 14.7. The predicted octanol–water partition coefficient (Wildman–Crippen LogP) is 17.7. The molecule has 0 saturated carbocycles. The molecule has 0 fully saturated rings. The quantitative estimate of drug-likeness (QED) is 0.0689. The van der Waals surface area contributed by atoms with E-state index < -0.39 is 0 Å². The minimum Gasteiger partial charge on any atom is -0.490 e. The third-order valence-corrected chi connectivity index (χ3v) is 10.1. The molecule has 0 saturated heterocycles. The van der Waals surface area contributed by atoms with E-state index in [9.17, 15) is 0 Å². The molecule has 0 heterocycles. The second kappa shape index (κ2) is 26.8. The Morgan fingerprint density at radius 1 is 0.478 bits per heavy atom. The summed E-state index contributed by atoms with van der Waals surface area (Å²) in [5.41, 5.74) is 11.9. The average molecular weight is 876 g/mol. The molecule has 0 bridgehead atoms. The van der Waals surface area contributed by atoms with Crippen molar-refractivity contribution < 1.29 is 14.2 Å². The Balaban J connectivity index is 0.000000294. The van der Waals surface area contributed by atoms with Crippen LogP contribution in [0.15, 0.2) is 239 Å². The number of hydrogen-bond donors (Lipinski definition) is 1. The van der Waals surface area contributed by atoms with Crippen LogP contribution >= 0.6 is 0 Å². The van der Waals surface area contributed by atoms with E-state index in [-0.39, 0.29) is 0 Å². The summed E-state index contributed by atoms with van der Waals surface area (Å²) in [6.45, 7) is 19.6. The minimum atomic E-state index is 0.483. The van der Waals surface area contributed by atoms with Gasteiger partial charge in [-0.15, -0.1) is 12.8 Å². The van der Waals surface area contributed by atoms with Gasteiger partial charge in [0, 0.05) is 11.4 Å². The Kier molecular flexibility index (Phi) is 19.7. The topological polar surface area (TPSA) is 39.7 Å². The maximum absolute atomic E-state index is 6.07. The zero-order chi connectivity index (χ0) is 47.6. The van der Waals surface area contributed by atoms with Crippen LogP contribution < -0.4 is 19.5 Å². The Morgan fingerprint density at radius 3 is 1.46 bits per heavy atom. The number of benzene rings is 7. The number of ether oxygens (including phenoxy) is 3. The number of rotatable bonds is 18. The van der Waals surface area contributed by atoms with Crippen molar-refractivity contribution in [1.29, 1.82) is 0 Å². The molecule has 67 heavy (non-hydrogen) atoms. The van der Waals surface area contributed by atoms with E-state index in [1.54, 1.807) is 6.08 Å². The summed E-state index contributed by atoms with van der Waals surface area (Å²) in [6.07, 6.45) is 27.5. The zero-order valence-corrected chi connectivity index (χ0v) is 38.4. The average Bonchev–Trinajstić information content (AvgIpc) is 3.38. The van der Waals surface area contributed by atoms with E-state index >= 15 is 0 Å². The maximum atomic E-state index is 6.07. The second-order valence-electron chi connectivity index (χ2n) is 14.7. The molecule has 332 valence electrons. The molecule has 4 heteroatoms. The molecule has 7 aromatic carbocycles. The lowest BCUT2D eigenvalue weighted by Crippen LogP contribution is -1.95. The fourth-order valence-electron chi connectivity index (χ4n) is 6.70. The van der Waals surface area contributed by atoms with Crippen LogP contribution in [0.25, 0.3) is 40.5 Å². The number of nitrogens with one attached hydrogen (secondary N) is 1. The Bertz CT molecular complexity index is 2820. The standard InChI is InChI=1S/C40H35NO2.C21H20O.C2H2/c1-4-8-32(27-28-42-38-23-11-30(5-2)12-24-38)33-15-19-36(20-16-33)41-37-21-17-34(18-22-37)35-9-7-10-40(29-35)43-39-25-13-31(6-3)14-26-39;1-4-8-18(9-5-2)19-10-7-11-21(16-19)22-20-14-12-17(6-3)13-15-20;1-2/h4-27,29,41H,2-3,28H2,1H3;4-16H,1,3H2,2H3;1-2H/b8-4-,32-27+;9-5-,18-8+;. The molecular weight excluding hydrogens is 819 g/mol. The molecule has 0 atom stereocenters. The van der Waals surface area contributed by atoms with E-state index in [2.05, 4.69) is 129 Å². The summed E-state index contributed by atoms with van der Waals surface area (Å²) in [5.74, 6) is 4.05. The fraction of sp³-hybridized carbons (Fsp3) is 0.0476. The van der Waals surface area contributed by atoms with Crippen LogP contribution in [0.5, 0.6) is 28.7 Å². The molecule has 0 amide bonds. The Hall–Kier alpha value is -8.78. The minimum absolute atomic E-state index is 0.483. The van der Waals surface area contributed by atoms with Crippen molar-refractivity contribution in [3.63, 3.8) is 0 Å². The largest absolute Gasteiger partial charge is 0.490 e. The maximum Gasteiger partial charge on any atom is 0.128 e. The molecule has 0 aliphatic heterocycles. The molecular formula is C63H57NO3. The molecule has 4 nitrogen and oxygen atoms in total. The van der Waals surface area contributed by atoms with Crippen LogP contribution in [0.3, 0.4) is 0 Å². The van der Waals surface area contributed by atoms with Crippen molar-refractivity contribution in [3.05, 3.63) is 267 Å². The van der Waals surface area contributed by atoms with Crippen LogP contribution in [0.2, 0.25) is 0 Å².